The minimum Gasteiger partial charge on any atom is -0.390 e. The lowest BCUT2D eigenvalue weighted by molar-refractivity contribution is -0.236. The summed E-state index contributed by atoms with van der Waals surface area (Å²) in [5.74, 6) is 3.70. The fourth-order valence-electron chi connectivity index (χ4n) is 10.2. The van der Waals surface area contributed by atoms with Crippen LogP contribution in [0, 0.1) is 45.8 Å². The standard InChI is InChI=1S/C25H43NO/c1-16-17-9-13-24(4)21(22(17,2)12-10-20(16)26)8-7-18-19-6-5-11-25(19,27)15-14-23(18,24)3/h16-21,27H,5-15,26H2,1-4H3/t16?,17?,18?,19?,20?,21?,22?,23-,24?,25?/m1/s1. The van der Waals surface area contributed by atoms with Crippen LogP contribution in [0.5, 0.6) is 0 Å². The monoisotopic (exact) mass is 373 g/mol. The van der Waals surface area contributed by atoms with E-state index in [0.29, 0.717) is 34.1 Å². The summed E-state index contributed by atoms with van der Waals surface area (Å²) in [7, 11) is 0. The van der Waals surface area contributed by atoms with Crippen LogP contribution < -0.4 is 5.73 Å². The van der Waals surface area contributed by atoms with Crippen molar-refractivity contribution in [1.82, 2.24) is 0 Å². The molecule has 5 rings (SSSR count). The van der Waals surface area contributed by atoms with Crippen molar-refractivity contribution in [2.75, 3.05) is 0 Å². The van der Waals surface area contributed by atoms with E-state index in [1.165, 1.54) is 57.8 Å². The minimum atomic E-state index is -0.319. The molecule has 0 aromatic rings. The van der Waals surface area contributed by atoms with Crippen molar-refractivity contribution in [1.29, 1.82) is 0 Å². The first-order chi connectivity index (χ1) is 12.7. The van der Waals surface area contributed by atoms with Gasteiger partial charge in [-0.25, -0.2) is 0 Å². The van der Waals surface area contributed by atoms with Crippen LogP contribution in [0.25, 0.3) is 0 Å². The Morgan fingerprint density at radius 3 is 2.30 bits per heavy atom. The third kappa shape index (κ3) is 2.21. The molecule has 0 aromatic heterocycles. The van der Waals surface area contributed by atoms with Crippen molar-refractivity contribution < 1.29 is 5.11 Å². The second-order valence-electron chi connectivity index (χ2n) is 12.4. The van der Waals surface area contributed by atoms with Crippen LogP contribution in [0.2, 0.25) is 0 Å². The van der Waals surface area contributed by atoms with E-state index in [1.807, 2.05) is 0 Å². The molecule has 0 saturated heterocycles. The van der Waals surface area contributed by atoms with Crippen LogP contribution in [0.4, 0.5) is 0 Å². The van der Waals surface area contributed by atoms with Gasteiger partial charge in [-0.3, -0.25) is 0 Å². The maximum Gasteiger partial charge on any atom is 0.0678 e. The molecule has 2 heteroatoms. The summed E-state index contributed by atoms with van der Waals surface area (Å²) >= 11 is 0. The van der Waals surface area contributed by atoms with Gasteiger partial charge in [-0.05, 0) is 110 Å². The highest BCUT2D eigenvalue weighted by atomic mass is 16.3. The highest BCUT2D eigenvalue weighted by Crippen LogP contribution is 2.74. The largest absolute Gasteiger partial charge is 0.390 e. The molecule has 0 spiro atoms. The minimum absolute atomic E-state index is 0.319. The van der Waals surface area contributed by atoms with Crippen LogP contribution in [0.1, 0.15) is 98.3 Å². The first-order valence-corrected chi connectivity index (χ1v) is 12.1. The average Bonchev–Trinajstić information content (AvgIpc) is 3.01. The van der Waals surface area contributed by atoms with E-state index >= 15 is 0 Å². The number of nitrogens with two attached hydrogens (primary N) is 1. The summed E-state index contributed by atoms with van der Waals surface area (Å²) in [4.78, 5) is 0. The molecule has 10 atom stereocenters. The fraction of sp³-hybridized carbons (Fsp3) is 1.00. The number of fused-ring (bicyclic) bond motifs is 7. The SMILES string of the molecule is CC1C(N)CCC2(C)C1CCC1(C)C2CCC2C3CCCC3(O)CC[C@]21C. The van der Waals surface area contributed by atoms with E-state index in [-0.39, 0.29) is 5.60 Å². The molecule has 0 heterocycles. The van der Waals surface area contributed by atoms with E-state index in [9.17, 15) is 5.11 Å². The van der Waals surface area contributed by atoms with E-state index in [4.69, 9.17) is 5.73 Å². The zero-order valence-corrected chi connectivity index (χ0v) is 18.3. The predicted octanol–water partition coefficient (Wildman–Crippen LogP) is 5.52. The Kier molecular flexibility index (Phi) is 4.03. The quantitative estimate of drug-likeness (QED) is 0.587. The third-order valence-corrected chi connectivity index (χ3v) is 12.0. The highest BCUT2D eigenvalue weighted by Gasteiger charge is 2.68. The highest BCUT2D eigenvalue weighted by molar-refractivity contribution is 5.18. The number of rotatable bonds is 0. The lowest BCUT2D eigenvalue weighted by Gasteiger charge is -2.71. The van der Waals surface area contributed by atoms with Gasteiger partial charge in [0.25, 0.3) is 0 Å². The molecule has 2 nitrogen and oxygen atoms in total. The molecule has 0 amide bonds. The van der Waals surface area contributed by atoms with Gasteiger partial charge in [0.1, 0.15) is 0 Å². The molecular weight excluding hydrogens is 330 g/mol. The fourth-order valence-corrected chi connectivity index (χ4v) is 10.2. The van der Waals surface area contributed by atoms with Gasteiger partial charge in [-0.1, -0.05) is 34.1 Å². The molecule has 0 aromatic carbocycles. The van der Waals surface area contributed by atoms with Crippen LogP contribution in [0.3, 0.4) is 0 Å². The maximum atomic E-state index is 11.3. The van der Waals surface area contributed by atoms with Gasteiger partial charge < -0.3 is 10.8 Å². The van der Waals surface area contributed by atoms with Gasteiger partial charge in [0.05, 0.1) is 5.60 Å². The molecule has 0 bridgehead atoms. The van der Waals surface area contributed by atoms with Crippen molar-refractivity contribution in [3.63, 3.8) is 0 Å². The van der Waals surface area contributed by atoms with Gasteiger partial charge in [0.15, 0.2) is 0 Å². The van der Waals surface area contributed by atoms with Gasteiger partial charge >= 0.3 is 0 Å². The normalized spacial score (nSPS) is 62.9. The average molecular weight is 374 g/mol. The van der Waals surface area contributed by atoms with Gasteiger partial charge in [-0.2, -0.15) is 0 Å². The number of hydrogen-bond acceptors (Lipinski definition) is 2. The van der Waals surface area contributed by atoms with Crippen molar-refractivity contribution in [2.24, 2.45) is 51.6 Å². The van der Waals surface area contributed by atoms with E-state index in [2.05, 4.69) is 27.7 Å². The predicted molar refractivity (Wildman–Crippen MR) is 111 cm³/mol. The zero-order chi connectivity index (χ0) is 19.2. The first kappa shape index (κ1) is 18.9. The van der Waals surface area contributed by atoms with E-state index < -0.39 is 0 Å². The second-order valence-corrected chi connectivity index (χ2v) is 12.4. The lowest BCUT2D eigenvalue weighted by Crippen LogP contribution is -2.66. The zero-order valence-electron chi connectivity index (χ0n) is 18.3. The van der Waals surface area contributed by atoms with Crippen LogP contribution in [-0.4, -0.2) is 16.7 Å². The number of aliphatic hydroxyl groups is 1. The molecule has 27 heavy (non-hydrogen) atoms. The van der Waals surface area contributed by atoms with Crippen molar-refractivity contribution >= 4 is 0 Å². The first-order valence-electron chi connectivity index (χ1n) is 12.1. The Morgan fingerprint density at radius 1 is 0.741 bits per heavy atom. The molecular formula is C25H43NO. The Bertz CT molecular complexity index is 619. The second kappa shape index (κ2) is 5.75. The Morgan fingerprint density at radius 2 is 1.52 bits per heavy atom. The molecule has 5 aliphatic carbocycles. The summed E-state index contributed by atoms with van der Waals surface area (Å²) in [6, 6.07) is 0.419. The Hall–Kier alpha value is -0.0800. The van der Waals surface area contributed by atoms with E-state index in [1.54, 1.807) is 0 Å². The van der Waals surface area contributed by atoms with Crippen LogP contribution in [-0.2, 0) is 0 Å². The molecule has 5 fully saturated rings. The van der Waals surface area contributed by atoms with Gasteiger partial charge in [0, 0.05) is 6.04 Å². The molecule has 3 N–H and O–H groups in total. The van der Waals surface area contributed by atoms with Crippen LogP contribution in [0.15, 0.2) is 0 Å². The molecule has 9 unspecified atom stereocenters. The van der Waals surface area contributed by atoms with Gasteiger partial charge in [-0.15, -0.1) is 0 Å². The Labute approximate surface area is 167 Å². The van der Waals surface area contributed by atoms with Crippen molar-refractivity contribution in [3.8, 4) is 0 Å². The van der Waals surface area contributed by atoms with Gasteiger partial charge in [0.2, 0.25) is 0 Å². The summed E-state index contributed by atoms with van der Waals surface area (Å²) in [5.41, 5.74) is 7.56. The molecule has 5 saturated carbocycles. The summed E-state index contributed by atoms with van der Waals surface area (Å²) in [6.07, 6.45) is 14.0. The summed E-state index contributed by atoms with van der Waals surface area (Å²) < 4.78 is 0. The number of hydrogen-bond donors (Lipinski definition) is 2. The van der Waals surface area contributed by atoms with E-state index in [0.717, 1.165) is 30.6 Å². The topological polar surface area (TPSA) is 46.2 Å². The lowest BCUT2D eigenvalue weighted by atomic mass is 9.34. The maximum absolute atomic E-state index is 11.3. The summed E-state index contributed by atoms with van der Waals surface area (Å²) in [5, 5.41) is 11.3. The molecule has 0 aliphatic heterocycles. The van der Waals surface area contributed by atoms with Crippen molar-refractivity contribution in [3.05, 3.63) is 0 Å². The van der Waals surface area contributed by atoms with Crippen molar-refractivity contribution in [2.45, 2.75) is 110 Å². The van der Waals surface area contributed by atoms with Crippen LogP contribution >= 0.6 is 0 Å². The molecule has 5 aliphatic rings. The summed E-state index contributed by atoms with van der Waals surface area (Å²) in [6.45, 7) is 10.4. The third-order valence-electron chi connectivity index (χ3n) is 12.0. The Balaban J connectivity index is 1.52. The molecule has 0 radical (unpaired) electrons. The molecule has 154 valence electrons. The smallest absolute Gasteiger partial charge is 0.0678 e.